The summed E-state index contributed by atoms with van der Waals surface area (Å²) >= 11 is 0. The zero-order valence-electron chi connectivity index (χ0n) is 23.8. The largest absolute Gasteiger partial charge is 0.372 e. The molecule has 1 saturated carbocycles. The number of nitrogens with zero attached hydrogens (tertiary/aromatic N) is 1. The van der Waals surface area contributed by atoms with Gasteiger partial charge in [0.25, 0.3) is 11.8 Å². The summed E-state index contributed by atoms with van der Waals surface area (Å²) in [6.45, 7) is 0.338. The molecule has 3 saturated heterocycles. The van der Waals surface area contributed by atoms with Crippen molar-refractivity contribution in [2.24, 2.45) is 11.8 Å². The third-order valence-corrected chi connectivity index (χ3v) is 10.2. The van der Waals surface area contributed by atoms with Gasteiger partial charge in [-0.15, -0.1) is 0 Å². The highest BCUT2D eigenvalue weighted by atomic mass is 32.2. The second-order valence-electron chi connectivity index (χ2n) is 12.1. The summed E-state index contributed by atoms with van der Waals surface area (Å²) in [7, 11) is -4.31. The lowest BCUT2D eigenvalue weighted by Crippen LogP contribution is -2.70. The van der Waals surface area contributed by atoms with Gasteiger partial charge in [0.15, 0.2) is 5.60 Å². The topological polar surface area (TPSA) is 133 Å². The minimum atomic E-state index is -4.31. The van der Waals surface area contributed by atoms with E-state index >= 15 is 8.78 Å². The smallest absolute Gasteiger partial charge is 0.264 e. The SMILES string of the molecule is CS(=O)(=O)/C(F)=C/[C@@H](C[C@@H]1CCNC1=O)NC(=O)[C@@H]1[C@H]2CC[C@H](CC2(F)F)N1C(=O)C1(O)c2ccccc2-c2ccccc21. The first kappa shape index (κ1) is 30.3. The first-order valence-corrected chi connectivity index (χ1v) is 16.4. The summed E-state index contributed by atoms with van der Waals surface area (Å²) in [4.78, 5) is 41.8. The van der Waals surface area contributed by atoms with E-state index in [1.165, 1.54) is 0 Å². The van der Waals surface area contributed by atoms with Crippen molar-refractivity contribution in [1.82, 2.24) is 15.5 Å². The number of rotatable bonds is 7. The average molecular weight is 632 g/mol. The average Bonchev–Trinajstić information content (AvgIpc) is 3.50. The monoisotopic (exact) mass is 631 g/mol. The van der Waals surface area contributed by atoms with Crippen LogP contribution in [0.1, 0.15) is 43.2 Å². The highest BCUT2D eigenvalue weighted by molar-refractivity contribution is 7.94. The van der Waals surface area contributed by atoms with E-state index in [1.807, 2.05) is 0 Å². The fourth-order valence-electron chi connectivity index (χ4n) is 7.32. The van der Waals surface area contributed by atoms with Crippen LogP contribution in [-0.2, 0) is 29.8 Å². The Kier molecular flexibility index (Phi) is 7.39. The van der Waals surface area contributed by atoms with Crippen LogP contribution in [0.25, 0.3) is 11.1 Å². The predicted molar refractivity (Wildman–Crippen MR) is 153 cm³/mol. The lowest BCUT2D eigenvalue weighted by molar-refractivity contribution is -0.201. The van der Waals surface area contributed by atoms with Gasteiger partial charge in [-0.3, -0.25) is 14.4 Å². The molecule has 2 aromatic carbocycles. The van der Waals surface area contributed by atoms with Crippen LogP contribution in [0.3, 0.4) is 0 Å². The Bertz CT molecular complexity index is 1630. The van der Waals surface area contributed by atoms with Crippen molar-refractivity contribution < 1.29 is 41.1 Å². The molecule has 3 amide bonds. The minimum absolute atomic E-state index is 0.0750. The molecular formula is C31H32F3N3O6S. The Labute approximate surface area is 252 Å². The van der Waals surface area contributed by atoms with E-state index in [-0.39, 0.29) is 36.3 Å². The van der Waals surface area contributed by atoms with E-state index in [0.29, 0.717) is 36.4 Å². The second kappa shape index (κ2) is 10.7. The summed E-state index contributed by atoms with van der Waals surface area (Å²) < 4.78 is 69.1. The lowest BCUT2D eigenvalue weighted by atomic mass is 9.70. The molecule has 7 rings (SSSR count). The molecule has 4 fully saturated rings. The van der Waals surface area contributed by atoms with Gasteiger partial charge < -0.3 is 20.6 Å². The van der Waals surface area contributed by atoms with Crippen LogP contribution < -0.4 is 10.6 Å². The molecule has 0 spiro atoms. The Morgan fingerprint density at radius 1 is 1.09 bits per heavy atom. The molecular weight excluding hydrogens is 599 g/mol. The number of carbonyl (C=O) groups is 3. The Morgan fingerprint density at radius 3 is 2.25 bits per heavy atom. The molecule has 0 aromatic heterocycles. The Hall–Kier alpha value is -3.71. The van der Waals surface area contributed by atoms with Gasteiger partial charge in [0.1, 0.15) is 6.04 Å². The van der Waals surface area contributed by atoms with Crippen molar-refractivity contribution in [2.75, 3.05) is 12.8 Å². The van der Waals surface area contributed by atoms with E-state index in [4.69, 9.17) is 0 Å². The fraction of sp³-hybridized carbons (Fsp3) is 0.452. The molecule has 3 aliphatic heterocycles. The van der Waals surface area contributed by atoms with E-state index in [1.54, 1.807) is 48.5 Å². The number of hydrogen-bond donors (Lipinski definition) is 3. The van der Waals surface area contributed by atoms with Gasteiger partial charge in [-0.25, -0.2) is 17.2 Å². The second-order valence-corrected chi connectivity index (χ2v) is 14.1. The molecule has 234 valence electrons. The van der Waals surface area contributed by atoms with Crippen LogP contribution in [0.2, 0.25) is 0 Å². The molecule has 9 nitrogen and oxygen atoms in total. The summed E-state index contributed by atoms with van der Waals surface area (Å²) in [5, 5.41) is 15.8. The van der Waals surface area contributed by atoms with Crippen LogP contribution in [0.5, 0.6) is 0 Å². The minimum Gasteiger partial charge on any atom is -0.372 e. The molecule has 2 aliphatic carbocycles. The maximum atomic E-state index is 15.4. The Balaban J connectivity index is 1.39. The highest BCUT2D eigenvalue weighted by Crippen LogP contribution is 2.53. The van der Waals surface area contributed by atoms with E-state index in [9.17, 15) is 32.3 Å². The van der Waals surface area contributed by atoms with Crippen LogP contribution in [-0.4, -0.2) is 73.0 Å². The molecule has 3 N–H and O–H groups in total. The molecule has 2 aromatic rings. The summed E-state index contributed by atoms with van der Waals surface area (Å²) in [6.07, 6.45) is 0.872. The number of hydrogen-bond acceptors (Lipinski definition) is 6. The quantitative estimate of drug-likeness (QED) is 0.431. The van der Waals surface area contributed by atoms with E-state index in [0.717, 1.165) is 4.90 Å². The number of amides is 3. The molecule has 0 radical (unpaired) electrons. The van der Waals surface area contributed by atoms with Crippen molar-refractivity contribution in [3.8, 4) is 11.1 Å². The number of carbonyl (C=O) groups excluding carboxylic acids is 3. The number of alkyl halides is 2. The summed E-state index contributed by atoms with van der Waals surface area (Å²) in [5.74, 6) is -7.94. The maximum Gasteiger partial charge on any atom is 0.264 e. The van der Waals surface area contributed by atoms with Crippen molar-refractivity contribution >= 4 is 27.6 Å². The fourth-order valence-corrected chi connectivity index (χ4v) is 7.73. The van der Waals surface area contributed by atoms with Crippen molar-refractivity contribution in [3.05, 3.63) is 70.9 Å². The van der Waals surface area contributed by atoms with Gasteiger partial charge in [0, 0.05) is 42.3 Å². The lowest BCUT2D eigenvalue weighted by Gasteiger charge is -2.55. The van der Waals surface area contributed by atoms with Crippen molar-refractivity contribution in [2.45, 2.75) is 61.8 Å². The number of aliphatic hydroxyl groups is 1. The van der Waals surface area contributed by atoms with Crippen molar-refractivity contribution in [1.29, 1.82) is 0 Å². The van der Waals surface area contributed by atoms with Crippen molar-refractivity contribution in [3.63, 3.8) is 0 Å². The van der Waals surface area contributed by atoms with Gasteiger partial charge >= 0.3 is 0 Å². The normalized spacial score (nSPS) is 27.3. The molecule has 13 heteroatoms. The number of nitrogens with one attached hydrogen (secondary N) is 2. The van der Waals surface area contributed by atoms with Gasteiger partial charge in [-0.1, -0.05) is 48.5 Å². The zero-order valence-corrected chi connectivity index (χ0v) is 24.6. The summed E-state index contributed by atoms with van der Waals surface area (Å²) in [6, 6.07) is 9.27. The van der Waals surface area contributed by atoms with Gasteiger partial charge in [-0.2, -0.15) is 4.39 Å². The summed E-state index contributed by atoms with van der Waals surface area (Å²) in [5.41, 5.74) is -0.529. The molecule has 3 heterocycles. The third kappa shape index (κ3) is 4.90. The van der Waals surface area contributed by atoms with Crippen LogP contribution >= 0.6 is 0 Å². The predicted octanol–water partition coefficient (Wildman–Crippen LogP) is 2.78. The Morgan fingerprint density at radius 2 is 1.70 bits per heavy atom. The number of sulfone groups is 1. The molecule has 0 unspecified atom stereocenters. The standard InChI is InChI=1S/C31H32F3N3O6S/c1-44(42,43)25(32)15-18(14-17-12-13-35-27(17)38)36-28(39)26-24-11-10-19(16-30(24,33)34)37(26)29(40)31(41)22-8-4-2-6-20(22)21-7-3-5-9-23(21)31/h2-9,15,17-19,24,26,41H,10-14,16H2,1H3,(H,35,38)(H,36,39)/b25-15+/t17-,18+,19+,24+,26-/m0/s1. The third-order valence-electron chi connectivity index (χ3n) is 9.39. The van der Waals surface area contributed by atoms with Gasteiger partial charge in [0.2, 0.25) is 26.8 Å². The van der Waals surface area contributed by atoms with Gasteiger partial charge in [-0.05, 0) is 42.9 Å². The van der Waals surface area contributed by atoms with Crippen LogP contribution in [0, 0.1) is 11.8 Å². The molecule has 5 atom stereocenters. The molecule has 44 heavy (non-hydrogen) atoms. The van der Waals surface area contributed by atoms with Crippen LogP contribution in [0.4, 0.5) is 13.2 Å². The first-order chi connectivity index (χ1) is 20.7. The molecule has 5 aliphatic rings. The van der Waals surface area contributed by atoms with E-state index in [2.05, 4.69) is 10.6 Å². The number of piperidine rings is 2. The first-order valence-electron chi connectivity index (χ1n) is 14.5. The molecule has 2 bridgehead atoms. The number of benzene rings is 2. The zero-order chi connectivity index (χ0) is 31.6. The maximum absolute atomic E-state index is 15.4. The number of halogens is 3. The number of fused-ring (bicyclic) bond motifs is 6. The van der Waals surface area contributed by atoms with E-state index < -0.39 is 74.7 Å². The highest BCUT2D eigenvalue weighted by Gasteiger charge is 2.63. The van der Waals surface area contributed by atoms with Gasteiger partial charge in [0.05, 0.1) is 12.0 Å². The van der Waals surface area contributed by atoms with Crippen LogP contribution in [0.15, 0.2) is 59.8 Å².